The molecule has 1 N–H and O–H groups in total. The van der Waals surface area contributed by atoms with Gasteiger partial charge in [-0.1, -0.05) is 35.6 Å². The number of benzene rings is 2. The highest BCUT2D eigenvalue weighted by Crippen LogP contribution is 2.29. The van der Waals surface area contributed by atoms with E-state index in [0.717, 1.165) is 5.56 Å². The molecule has 0 amide bonds. The van der Waals surface area contributed by atoms with E-state index < -0.39 is 12.1 Å². The summed E-state index contributed by atoms with van der Waals surface area (Å²) >= 11 is 6.27. The van der Waals surface area contributed by atoms with Crippen molar-refractivity contribution in [3.63, 3.8) is 0 Å². The van der Waals surface area contributed by atoms with Gasteiger partial charge in [0.1, 0.15) is 12.4 Å². The van der Waals surface area contributed by atoms with Crippen molar-refractivity contribution in [1.82, 2.24) is 0 Å². The maximum absolute atomic E-state index is 11.2. The molecule has 0 saturated carbocycles. The van der Waals surface area contributed by atoms with Crippen LogP contribution in [0.1, 0.15) is 18.1 Å². The number of allylic oxidation sites excluding steroid dienone is 1. The van der Waals surface area contributed by atoms with Crippen molar-refractivity contribution in [3.8, 4) is 29.1 Å². The lowest BCUT2D eigenvalue weighted by molar-refractivity contribution is -0.149. The highest BCUT2D eigenvalue weighted by molar-refractivity contribution is 6.31. The number of hydrogen-bond donors (Lipinski definition) is 1. The molecule has 0 aromatic heterocycles. The number of ether oxygens (including phenoxy) is 4. The first-order chi connectivity index (χ1) is 15.0. The summed E-state index contributed by atoms with van der Waals surface area (Å²) < 4.78 is 21.5. The van der Waals surface area contributed by atoms with Gasteiger partial charge in [0.15, 0.2) is 17.6 Å². The Kier molecular flexibility index (Phi) is 9.76. The summed E-state index contributed by atoms with van der Waals surface area (Å²) in [6.07, 6.45) is 2.72. The van der Waals surface area contributed by atoms with Crippen molar-refractivity contribution in [2.24, 2.45) is 0 Å². The molecule has 2 aromatic rings. The zero-order chi connectivity index (χ0) is 22.6. The zero-order valence-electron chi connectivity index (χ0n) is 17.7. The third-order valence-electron chi connectivity index (χ3n) is 4.23. The Morgan fingerprint density at radius 3 is 2.68 bits per heavy atom. The lowest BCUT2D eigenvalue weighted by Gasteiger charge is -2.14. The molecule has 1 unspecified atom stereocenters. The minimum Gasteiger partial charge on any atom is -0.493 e. The number of hydrogen-bond acceptors (Lipinski definition) is 5. The lowest BCUT2D eigenvalue weighted by Crippen LogP contribution is -2.26. The molecule has 0 fully saturated rings. The van der Waals surface area contributed by atoms with E-state index in [2.05, 4.69) is 11.8 Å². The van der Waals surface area contributed by atoms with E-state index in [0.29, 0.717) is 41.0 Å². The number of methoxy groups -OCH3 is 2. The standard InChI is InChI=1S/C24H25ClO6/c1-4-30-22(24(26)27)15-18-12-13-19(16-20(18)25)31-14-7-5-6-9-17-10-8-11-21(28-2)23(17)29-3/h5,7-8,10-13,16,22H,4,14-15H2,1-3H3,(H,26,27). The summed E-state index contributed by atoms with van der Waals surface area (Å²) in [5.74, 6) is 6.72. The van der Waals surface area contributed by atoms with Gasteiger partial charge in [-0.05, 0) is 48.9 Å². The number of carboxylic acids is 1. The van der Waals surface area contributed by atoms with Gasteiger partial charge in [0.25, 0.3) is 0 Å². The molecule has 0 radical (unpaired) electrons. The molecule has 6 nitrogen and oxygen atoms in total. The normalized spacial score (nSPS) is 11.5. The predicted molar refractivity (Wildman–Crippen MR) is 119 cm³/mol. The molecule has 0 aliphatic carbocycles. The summed E-state index contributed by atoms with van der Waals surface area (Å²) in [6, 6.07) is 10.6. The molecule has 0 bridgehead atoms. The van der Waals surface area contributed by atoms with Crippen LogP contribution in [0.25, 0.3) is 0 Å². The second kappa shape index (κ2) is 12.5. The van der Waals surface area contributed by atoms with E-state index >= 15 is 0 Å². The van der Waals surface area contributed by atoms with Crippen LogP contribution in [0.3, 0.4) is 0 Å². The zero-order valence-corrected chi connectivity index (χ0v) is 18.4. The summed E-state index contributed by atoms with van der Waals surface area (Å²) in [7, 11) is 3.15. The molecule has 164 valence electrons. The van der Waals surface area contributed by atoms with Gasteiger partial charge in [-0.15, -0.1) is 0 Å². The van der Waals surface area contributed by atoms with E-state index in [1.165, 1.54) is 0 Å². The highest BCUT2D eigenvalue weighted by atomic mass is 35.5. The molecular weight excluding hydrogens is 420 g/mol. The molecule has 2 rings (SSSR count). The first kappa shape index (κ1) is 24.1. The van der Waals surface area contributed by atoms with Crippen molar-refractivity contribution >= 4 is 17.6 Å². The molecular formula is C24H25ClO6. The summed E-state index contributed by atoms with van der Waals surface area (Å²) in [6.45, 7) is 2.37. The Bertz CT molecular complexity index is 974. The third-order valence-corrected chi connectivity index (χ3v) is 4.58. The van der Waals surface area contributed by atoms with Crippen LogP contribution in [-0.4, -0.2) is 44.6 Å². The first-order valence-electron chi connectivity index (χ1n) is 9.63. The quantitative estimate of drug-likeness (QED) is 0.548. The van der Waals surface area contributed by atoms with E-state index in [9.17, 15) is 9.90 Å². The molecule has 0 aliphatic heterocycles. The SMILES string of the molecule is CCOC(Cc1ccc(OCC=CC#Cc2cccc(OC)c2OC)cc1Cl)C(=O)O. The summed E-state index contributed by atoms with van der Waals surface area (Å²) in [4.78, 5) is 11.2. The molecule has 1 atom stereocenters. The van der Waals surface area contributed by atoms with Crippen LogP contribution in [-0.2, 0) is 16.0 Å². The fourth-order valence-electron chi connectivity index (χ4n) is 2.76. The van der Waals surface area contributed by atoms with E-state index in [1.807, 2.05) is 18.2 Å². The molecule has 2 aromatic carbocycles. The second-order valence-electron chi connectivity index (χ2n) is 6.26. The topological polar surface area (TPSA) is 74.2 Å². The largest absolute Gasteiger partial charge is 0.493 e. The van der Waals surface area contributed by atoms with Gasteiger partial charge < -0.3 is 24.1 Å². The fraction of sp³-hybridized carbons (Fsp3) is 0.292. The van der Waals surface area contributed by atoms with Crippen molar-refractivity contribution in [2.45, 2.75) is 19.4 Å². The average molecular weight is 445 g/mol. The smallest absolute Gasteiger partial charge is 0.333 e. The number of carboxylic acid groups (broad SMARTS) is 1. The Morgan fingerprint density at radius 2 is 2.03 bits per heavy atom. The van der Waals surface area contributed by atoms with Crippen LogP contribution < -0.4 is 14.2 Å². The van der Waals surface area contributed by atoms with Gasteiger partial charge in [0, 0.05) is 18.1 Å². The molecule has 0 spiro atoms. The monoisotopic (exact) mass is 444 g/mol. The van der Waals surface area contributed by atoms with Gasteiger partial charge in [0.05, 0.1) is 19.8 Å². The fourth-order valence-corrected chi connectivity index (χ4v) is 3.01. The van der Waals surface area contributed by atoms with Crippen molar-refractivity contribution in [3.05, 3.63) is 64.7 Å². The van der Waals surface area contributed by atoms with Gasteiger partial charge >= 0.3 is 5.97 Å². The summed E-state index contributed by atoms with van der Waals surface area (Å²) in [5, 5.41) is 9.63. The number of aliphatic carboxylic acids is 1. The Balaban J connectivity index is 1.94. The number of rotatable bonds is 10. The van der Waals surface area contributed by atoms with Gasteiger partial charge in [-0.3, -0.25) is 0 Å². The highest BCUT2D eigenvalue weighted by Gasteiger charge is 2.19. The number of halogens is 1. The van der Waals surface area contributed by atoms with Crippen LogP contribution in [0.15, 0.2) is 48.6 Å². The van der Waals surface area contributed by atoms with Crippen LogP contribution >= 0.6 is 11.6 Å². The lowest BCUT2D eigenvalue weighted by atomic mass is 10.1. The van der Waals surface area contributed by atoms with Gasteiger partial charge in [-0.2, -0.15) is 0 Å². The van der Waals surface area contributed by atoms with Crippen molar-refractivity contribution in [2.75, 3.05) is 27.4 Å². The Hall–Kier alpha value is -3.14. The molecule has 0 heterocycles. The van der Waals surface area contributed by atoms with Gasteiger partial charge in [-0.25, -0.2) is 4.79 Å². The van der Waals surface area contributed by atoms with E-state index in [1.54, 1.807) is 51.5 Å². The van der Waals surface area contributed by atoms with E-state index in [4.69, 9.17) is 30.5 Å². The van der Waals surface area contributed by atoms with Crippen molar-refractivity contribution < 1.29 is 28.8 Å². The molecule has 0 saturated heterocycles. The predicted octanol–water partition coefficient (Wildman–Crippen LogP) is 4.38. The summed E-state index contributed by atoms with van der Waals surface area (Å²) in [5.41, 5.74) is 1.41. The first-order valence-corrected chi connectivity index (χ1v) is 10.0. The minimum atomic E-state index is -1.02. The molecule has 31 heavy (non-hydrogen) atoms. The number of carbonyl (C=O) groups is 1. The van der Waals surface area contributed by atoms with Crippen LogP contribution in [0.4, 0.5) is 0 Å². The van der Waals surface area contributed by atoms with Crippen LogP contribution in [0.2, 0.25) is 5.02 Å². The average Bonchev–Trinajstić information content (AvgIpc) is 2.76. The van der Waals surface area contributed by atoms with E-state index in [-0.39, 0.29) is 6.42 Å². The van der Waals surface area contributed by atoms with Crippen LogP contribution in [0, 0.1) is 11.8 Å². The minimum absolute atomic E-state index is 0.186. The Labute approximate surface area is 187 Å². The Morgan fingerprint density at radius 1 is 1.23 bits per heavy atom. The second-order valence-corrected chi connectivity index (χ2v) is 6.67. The maximum atomic E-state index is 11.2. The molecule has 7 heteroatoms. The van der Waals surface area contributed by atoms with Crippen LogP contribution in [0.5, 0.6) is 17.2 Å². The molecule has 0 aliphatic rings. The maximum Gasteiger partial charge on any atom is 0.333 e. The number of para-hydroxylation sites is 1. The third kappa shape index (κ3) is 7.25. The van der Waals surface area contributed by atoms with Crippen molar-refractivity contribution in [1.29, 1.82) is 0 Å². The van der Waals surface area contributed by atoms with Gasteiger partial charge in [0.2, 0.25) is 0 Å².